The van der Waals surface area contributed by atoms with Gasteiger partial charge in [-0.1, -0.05) is 18.5 Å². The van der Waals surface area contributed by atoms with Crippen LogP contribution in [0.2, 0.25) is 5.02 Å². The van der Waals surface area contributed by atoms with E-state index in [4.69, 9.17) is 11.6 Å². The summed E-state index contributed by atoms with van der Waals surface area (Å²) in [5, 5.41) is 8.54. The topological polar surface area (TPSA) is 29.9 Å². The number of aryl methyl sites for hydroxylation is 2. The highest BCUT2D eigenvalue weighted by Gasteiger charge is 2.36. The summed E-state index contributed by atoms with van der Waals surface area (Å²) in [6, 6.07) is 0. The fourth-order valence-corrected chi connectivity index (χ4v) is 1.97. The first-order chi connectivity index (χ1) is 7.02. The zero-order valence-electron chi connectivity index (χ0n) is 9.60. The molecule has 1 aliphatic rings. The maximum atomic E-state index is 6.16. The number of nitrogens with zero attached hydrogens (tertiary/aromatic N) is 2. The lowest BCUT2D eigenvalue weighted by molar-refractivity contribution is 0.490. The smallest absolute Gasteiger partial charge is 0.0860 e. The molecular formula is C11H18ClN3. The molecule has 1 aromatic heterocycles. The van der Waals surface area contributed by atoms with E-state index in [0.717, 1.165) is 29.5 Å². The maximum Gasteiger partial charge on any atom is 0.0860 e. The molecule has 0 atom stereocenters. The van der Waals surface area contributed by atoms with Crippen molar-refractivity contribution in [2.75, 3.05) is 6.54 Å². The molecule has 0 aliphatic heterocycles. The molecule has 3 nitrogen and oxygen atoms in total. The third kappa shape index (κ3) is 2.34. The predicted octanol–water partition coefficient (Wildman–Crippen LogP) is 2.27. The molecule has 1 aromatic rings. The Kier molecular flexibility index (Phi) is 2.77. The highest BCUT2D eigenvalue weighted by molar-refractivity contribution is 6.31. The van der Waals surface area contributed by atoms with Crippen LogP contribution in [0.1, 0.15) is 31.2 Å². The Balaban J connectivity index is 1.92. The summed E-state index contributed by atoms with van der Waals surface area (Å²) in [5.74, 6) is 0. The number of rotatable bonds is 4. The first-order valence-corrected chi connectivity index (χ1v) is 5.78. The summed E-state index contributed by atoms with van der Waals surface area (Å²) in [7, 11) is 1.94. The van der Waals surface area contributed by atoms with E-state index >= 15 is 0 Å². The molecule has 0 radical (unpaired) electrons. The van der Waals surface area contributed by atoms with Crippen molar-refractivity contribution in [2.45, 2.75) is 33.2 Å². The molecule has 1 aliphatic carbocycles. The van der Waals surface area contributed by atoms with Gasteiger partial charge in [0.25, 0.3) is 0 Å². The number of halogens is 1. The molecule has 0 amide bonds. The van der Waals surface area contributed by atoms with E-state index < -0.39 is 0 Å². The Morgan fingerprint density at radius 3 is 2.67 bits per heavy atom. The molecule has 1 N–H and O–H groups in total. The second-order valence-electron chi connectivity index (χ2n) is 4.88. The fourth-order valence-electron chi connectivity index (χ4n) is 1.74. The van der Waals surface area contributed by atoms with E-state index in [-0.39, 0.29) is 0 Å². The third-order valence-electron chi connectivity index (χ3n) is 3.21. The summed E-state index contributed by atoms with van der Waals surface area (Å²) in [6.07, 6.45) is 2.69. The van der Waals surface area contributed by atoms with Crippen LogP contribution in [0.25, 0.3) is 0 Å². The molecule has 84 valence electrons. The number of hydrogen-bond acceptors (Lipinski definition) is 2. The lowest BCUT2D eigenvalue weighted by atomic mass is 10.1. The Labute approximate surface area is 95.8 Å². The van der Waals surface area contributed by atoms with Gasteiger partial charge in [-0.05, 0) is 25.2 Å². The SMILES string of the molecule is Cc1nn(C)c(CNCC2(C)CC2)c1Cl. The van der Waals surface area contributed by atoms with E-state index in [1.165, 1.54) is 12.8 Å². The Morgan fingerprint density at radius 1 is 1.53 bits per heavy atom. The number of hydrogen-bond donors (Lipinski definition) is 1. The van der Waals surface area contributed by atoms with Crippen LogP contribution >= 0.6 is 11.6 Å². The van der Waals surface area contributed by atoms with Gasteiger partial charge in [-0.3, -0.25) is 4.68 Å². The second kappa shape index (κ2) is 3.80. The van der Waals surface area contributed by atoms with Crippen LogP contribution in [0.3, 0.4) is 0 Å². The van der Waals surface area contributed by atoms with Gasteiger partial charge in [-0.2, -0.15) is 5.10 Å². The molecule has 2 rings (SSSR count). The van der Waals surface area contributed by atoms with Gasteiger partial charge >= 0.3 is 0 Å². The zero-order valence-corrected chi connectivity index (χ0v) is 10.4. The molecule has 0 spiro atoms. The van der Waals surface area contributed by atoms with Crippen LogP contribution in [0.5, 0.6) is 0 Å². The zero-order chi connectivity index (χ0) is 11.1. The molecule has 1 fully saturated rings. The molecule has 4 heteroatoms. The summed E-state index contributed by atoms with van der Waals surface area (Å²) < 4.78 is 1.86. The fraction of sp³-hybridized carbons (Fsp3) is 0.727. The van der Waals surface area contributed by atoms with E-state index in [0.29, 0.717) is 5.41 Å². The summed E-state index contributed by atoms with van der Waals surface area (Å²) >= 11 is 6.16. The van der Waals surface area contributed by atoms with Crippen LogP contribution in [-0.4, -0.2) is 16.3 Å². The van der Waals surface area contributed by atoms with Crippen LogP contribution in [-0.2, 0) is 13.6 Å². The van der Waals surface area contributed by atoms with Crippen molar-refractivity contribution in [3.8, 4) is 0 Å². The third-order valence-corrected chi connectivity index (χ3v) is 3.70. The maximum absolute atomic E-state index is 6.16. The molecule has 1 saturated carbocycles. The molecule has 0 bridgehead atoms. The average Bonchev–Trinajstić information content (AvgIpc) is 2.84. The minimum absolute atomic E-state index is 0.542. The number of nitrogens with one attached hydrogen (secondary N) is 1. The van der Waals surface area contributed by atoms with Crippen LogP contribution in [0, 0.1) is 12.3 Å². The molecular weight excluding hydrogens is 210 g/mol. The normalized spacial score (nSPS) is 18.1. The van der Waals surface area contributed by atoms with E-state index in [1.807, 2.05) is 18.7 Å². The molecule has 0 saturated heterocycles. The lowest BCUT2D eigenvalue weighted by Gasteiger charge is -2.10. The molecule has 1 heterocycles. The van der Waals surface area contributed by atoms with E-state index in [9.17, 15) is 0 Å². The van der Waals surface area contributed by atoms with Crippen molar-refractivity contribution in [2.24, 2.45) is 12.5 Å². The predicted molar refractivity (Wildman–Crippen MR) is 62.0 cm³/mol. The Hall–Kier alpha value is -0.540. The minimum atomic E-state index is 0.542. The number of aromatic nitrogens is 2. The molecule has 0 unspecified atom stereocenters. The van der Waals surface area contributed by atoms with Gasteiger partial charge in [-0.25, -0.2) is 0 Å². The van der Waals surface area contributed by atoms with Crippen molar-refractivity contribution in [1.82, 2.24) is 15.1 Å². The van der Waals surface area contributed by atoms with Crippen LogP contribution in [0.15, 0.2) is 0 Å². The largest absolute Gasteiger partial charge is 0.311 e. The molecule has 0 aromatic carbocycles. The van der Waals surface area contributed by atoms with Gasteiger partial charge in [0.2, 0.25) is 0 Å². The Bertz CT molecular complexity index is 366. The highest BCUT2D eigenvalue weighted by atomic mass is 35.5. The van der Waals surface area contributed by atoms with Gasteiger partial charge in [0, 0.05) is 20.1 Å². The van der Waals surface area contributed by atoms with Gasteiger partial charge in [0.1, 0.15) is 0 Å². The molecule has 15 heavy (non-hydrogen) atoms. The van der Waals surface area contributed by atoms with E-state index in [2.05, 4.69) is 17.3 Å². The van der Waals surface area contributed by atoms with Gasteiger partial charge in [-0.15, -0.1) is 0 Å². The highest BCUT2D eigenvalue weighted by Crippen LogP contribution is 2.44. The van der Waals surface area contributed by atoms with Crippen molar-refractivity contribution in [1.29, 1.82) is 0 Å². The van der Waals surface area contributed by atoms with Crippen LogP contribution in [0.4, 0.5) is 0 Å². The van der Waals surface area contributed by atoms with Crippen molar-refractivity contribution in [3.63, 3.8) is 0 Å². The summed E-state index contributed by atoms with van der Waals surface area (Å²) in [4.78, 5) is 0. The lowest BCUT2D eigenvalue weighted by Crippen LogP contribution is -2.22. The van der Waals surface area contributed by atoms with Gasteiger partial charge in [0.15, 0.2) is 0 Å². The van der Waals surface area contributed by atoms with Crippen molar-refractivity contribution >= 4 is 11.6 Å². The standard InChI is InChI=1S/C11H18ClN3/c1-8-10(12)9(15(3)14-8)6-13-7-11(2)4-5-11/h13H,4-7H2,1-3H3. The van der Waals surface area contributed by atoms with Crippen molar-refractivity contribution in [3.05, 3.63) is 16.4 Å². The average molecular weight is 228 g/mol. The first kappa shape index (κ1) is 11.0. The minimum Gasteiger partial charge on any atom is -0.311 e. The van der Waals surface area contributed by atoms with E-state index in [1.54, 1.807) is 0 Å². The monoisotopic (exact) mass is 227 g/mol. The van der Waals surface area contributed by atoms with Crippen molar-refractivity contribution < 1.29 is 0 Å². The van der Waals surface area contributed by atoms with Crippen LogP contribution < -0.4 is 5.32 Å². The quantitative estimate of drug-likeness (QED) is 0.856. The van der Waals surface area contributed by atoms with Gasteiger partial charge < -0.3 is 5.32 Å². The van der Waals surface area contributed by atoms with Gasteiger partial charge in [0.05, 0.1) is 16.4 Å². The summed E-state index contributed by atoms with van der Waals surface area (Å²) in [5.41, 5.74) is 2.53. The first-order valence-electron chi connectivity index (χ1n) is 5.40. The summed E-state index contributed by atoms with van der Waals surface area (Å²) in [6.45, 7) is 6.14. The Morgan fingerprint density at radius 2 is 2.20 bits per heavy atom. The second-order valence-corrected chi connectivity index (χ2v) is 5.26.